The summed E-state index contributed by atoms with van der Waals surface area (Å²) in [6.45, 7) is 6.16. The molecule has 0 aliphatic carbocycles. The van der Waals surface area contributed by atoms with Crippen LogP contribution in [0.2, 0.25) is 0 Å². The van der Waals surface area contributed by atoms with Gasteiger partial charge in [-0.25, -0.2) is 8.78 Å². The molecule has 0 spiro atoms. The van der Waals surface area contributed by atoms with Crippen LogP contribution in [0.1, 0.15) is 39.0 Å². The lowest BCUT2D eigenvalue weighted by atomic mass is 9.99. The number of hydrogen-bond acceptors (Lipinski definition) is 8. The van der Waals surface area contributed by atoms with E-state index in [4.69, 9.17) is 18.6 Å². The number of rotatable bonds is 10. The van der Waals surface area contributed by atoms with Crippen LogP contribution in [0.4, 0.5) is 8.78 Å². The van der Waals surface area contributed by atoms with Crippen LogP contribution >= 0.6 is 11.9 Å². The third kappa shape index (κ3) is 6.69. The van der Waals surface area contributed by atoms with E-state index in [1.165, 1.54) is 56.8 Å². The zero-order valence-corrected chi connectivity index (χ0v) is 23.2. The number of hydrogen-bond donors (Lipinski definition) is 1. The largest absolute Gasteiger partial charge is 0.497 e. The molecule has 4 aromatic rings. The summed E-state index contributed by atoms with van der Waals surface area (Å²) < 4.78 is 55.8. The summed E-state index contributed by atoms with van der Waals surface area (Å²) >= 11 is 1.48. The second-order valence-corrected chi connectivity index (χ2v) is 11.4. The highest BCUT2D eigenvalue weighted by atomic mass is 32.2. The smallest absolute Gasteiger partial charge is 0.310 e. The van der Waals surface area contributed by atoms with Gasteiger partial charge < -0.3 is 18.6 Å². The maximum atomic E-state index is 15.7. The quantitative estimate of drug-likeness (QED) is 0.167. The Morgan fingerprint density at radius 2 is 1.87 bits per heavy atom. The Bertz CT molecular complexity index is 1490. The molecule has 10 heteroatoms. The lowest BCUT2D eigenvalue weighted by Gasteiger charge is -2.18. The van der Waals surface area contributed by atoms with Gasteiger partial charge in [-0.05, 0) is 45.0 Å². The summed E-state index contributed by atoms with van der Waals surface area (Å²) in [5.41, 5.74) is 1.80. The normalized spacial score (nSPS) is 11.6. The highest BCUT2D eigenvalue weighted by Crippen LogP contribution is 2.36. The predicted octanol–water partition coefficient (Wildman–Crippen LogP) is 6.86. The van der Waals surface area contributed by atoms with Crippen molar-refractivity contribution in [3.8, 4) is 22.6 Å². The number of esters is 1. The van der Waals surface area contributed by atoms with Gasteiger partial charge in [-0.3, -0.25) is 14.5 Å². The Balaban J connectivity index is 0.00000441. The van der Waals surface area contributed by atoms with E-state index in [0.717, 1.165) is 0 Å². The molecule has 2 aromatic carbocycles. The number of carbonyl (C=O) groups is 1. The van der Waals surface area contributed by atoms with Crippen molar-refractivity contribution in [3.05, 3.63) is 77.3 Å². The second-order valence-electron chi connectivity index (χ2n) is 9.73. The summed E-state index contributed by atoms with van der Waals surface area (Å²) in [4.78, 5) is 16.1. The first-order valence-electron chi connectivity index (χ1n) is 12.2. The molecule has 39 heavy (non-hydrogen) atoms. The van der Waals surface area contributed by atoms with Gasteiger partial charge in [-0.1, -0.05) is 18.0 Å². The summed E-state index contributed by atoms with van der Waals surface area (Å²) in [6.07, 6.45) is 2.84. The third-order valence-corrected chi connectivity index (χ3v) is 6.74. The van der Waals surface area contributed by atoms with E-state index in [1.807, 2.05) is 20.8 Å². The minimum absolute atomic E-state index is 0. The Kier molecular flexibility index (Phi) is 8.76. The number of nitrogens with zero attached hydrogens (tertiary/aromatic N) is 1. The Hall–Kier alpha value is -3.63. The SMILES string of the molecule is COC(=O)Cc1ccc(OC)cc1OCc1cc(-c2ccnc(CNSC(C)(C)C)c2F)c2occc2c1F.[HH]. The molecule has 2 heterocycles. The maximum absolute atomic E-state index is 15.7. The molecule has 0 unspecified atom stereocenters. The number of aromatic nitrogens is 1. The molecule has 0 fully saturated rings. The molecular formula is C29H32F2N2O5S. The van der Waals surface area contributed by atoms with Crippen LogP contribution in [0.5, 0.6) is 11.5 Å². The van der Waals surface area contributed by atoms with E-state index < -0.39 is 17.6 Å². The van der Waals surface area contributed by atoms with Gasteiger partial charge in [0.05, 0.1) is 44.5 Å². The summed E-state index contributed by atoms with van der Waals surface area (Å²) in [5, 5.41) is 0.200. The summed E-state index contributed by atoms with van der Waals surface area (Å²) in [5.74, 6) is -0.665. The topological polar surface area (TPSA) is 82.8 Å². The van der Waals surface area contributed by atoms with Crippen LogP contribution in [0.15, 0.2) is 53.3 Å². The van der Waals surface area contributed by atoms with Gasteiger partial charge in [-0.2, -0.15) is 0 Å². The van der Waals surface area contributed by atoms with Gasteiger partial charge in [0.1, 0.15) is 29.5 Å². The number of benzene rings is 2. The molecule has 0 saturated heterocycles. The predicted molar refractivity (Wildman–Crippen MR) is 149 cm³/mol. The van der Waals surface area contributed by atoms with Crippen LogP contribution in [0.3, 0.4) is 0 Å². The van der Waals surface area contributed by atoms with Crippen molar-refractivity contribution < 1.29 is 33.6 Å². The molecule has 0 radical (unpaired) electrons. The standard InChI is InChI=1S/C29H30F2N2O5S.H2/c1-29(2,3)39-33-15-23-27(31)20(8-10-32-23)22-12-18(26(30)21-9-11-37-28(21)22)16-38-24-14-19(35-4)7-6-17(24)13-25(34)36-5;/h6-12,14,33H,13,15-16H2,1-5H3;1H. The van der Waals surface area contributed by atoms with Gasteiger partial charge in [-0.15, -0.1) is 0 Å². The Morgan fingerprint density at radius 1 is 1.08 bits per heavy atom. The van der Waals surface area contributed by atoms with Crippen LogP contribution in [-0.2, 0) is 29.1 Å². The van der Waals surface area contributed by atoms with Gasteiger partial charge in [0.15, 0.2) is 5.82 Å². The zero-order valence-electron chi connectivity index (χ0n) is 22.4. The fourth-order valence-corrected chi connectivity index (χ4v) is 4.58. The molecule has 0 saturated carbocycles. The molecule has 208 valence electrons. The molecule has 2 aromatic heterocycles. The van der Waals surface area contributed by atoms with Crippen LogP contribution in [-0.4, -0.2) is 29.9 Å². The van der Waals surface area contributed by atoms with E-state index in [-0.39, 0.29) is 53.5 Å². The van der Waals surface area contributed by atoms with Crippen LogP contribution in [0.25, 0.3) is 22.1 Å². The highest BCUT2D eigenvalue weighted by molar-refractivity contribution is 7.98. The van der Waals surface area contributed by atoms with E-state index in [0.29, 0.717) is 22.6 Å². The molecular weight excluding hydrogens is 526 g/mol. The van der Waals surface area contributed by atoms with Crippen LogP contribution < -0.4 is 14.2 Å². The average molecular weight is 559 g/mol. The molecule has 4 rings (SSSR count). The molecule has 0 bridgehead atoms. The van der Waals surface area contributed by atoms with Gasteiger partial charge in [0, 0.05) is 40.7 Å². The molecule has 1 N–H and O–H groups in total. The van der Waals surface area contributed by atoms with Crippen molar-refractivity contribution in [2.75, 3.05) is 14.2 Å². The fraction of sp³-hybridized carbons (Fsp3) is 0.310. The van der Waals surface area contributed by atoms with E-state index in [9.17, 15) is 4.79 Å². The van der Waals surface area contributed by atoms with Crippen molar-refractivity contribution in [1.29, 1.82) is 0 Å². The Morgan fingerprint density at radius 3 is 2.59 bits per heavy atom. The van der Waals surface area contributed by atoms with E-state index in [1.54, 1.807) is 18.2 Å². The molecule has 0 amide bonds. The number of halogens is 2. The molecule has 0 atom stereocenters. The number of furan rings is 1. The number of nitrogens with one attached hydrogen (secondary N) is 1. The number of carbonyl (C=O) groups excluding carboxylic acids is 1. The van der Waals surface area contributed by atoms with Crippen molar-refractivity contribution in [2.24, 2.45) is 0 Å². The van der Waals surface area contributed by atoms with Gasteiger partial charge in [0.2, 0.25) is 0 Å². The average Bonchev–Trinajstić information content (AvgIpc) is 3.40. The van der Waals surface area contributed by atoms with E-state index >= 15 is 8.78 Å². The monoisotopic (exact) mass is 558 g/mol. The van der Waals surface area contributed by atoms with Crippen LogP contribution in [0, 0.1) is 11.6 Å². The number of pyridine rings is 1. The lowest BCUT2D eigenvalue weighted by molar-refractivity contribution is -0.139. The molecule has 0 aliphatic heterocycles. The highest BCUT2D eigenvalue weighted by Gasteiger charge is 2.21. The van der Waals surface area contributed by atoms with E-state index in [2.05, 4.69) is 9.71 Å². The fourth-order valence-electron chi connectivity index (χ4n) is 3.94. The molecule has 0 aliphatic rings. The summed E-state index contributed by atoms with van der Waals surface area (Å²) in [6, 6.07) is 9.54. The van der Waals surface area contributed by atoms with Gasteiger partial charge in [0.25, 0.3) is 0 Å². The summed E-state index contributed by atoms with van der Waals surface area (Å²) in [7, 11) is 2.80. The minimum atomic E-state index is -0.544. The zero-order chi connectivity index (χ0) is 28.2. The van der Waals surface area contributed by atoms with Crippen molar-refractivity contribution in [2.45, 2.75) is 45.1 Å². The minimum Gasteiger partial charge on any atom is -0.497 e. The Labute approximate surface area is 231 Å². The second kappa shape index (κ2) is 12.0. The number of fused-ring (bicyclic) bond motifs is 1. The lowest BCUT2D eigenvalue weighted by Crippen LogP contribution is -2.18. The van der Waals surface area contributed by atoms with Gasteiger partial charge >= 0.3 is 5.97 Å². The van der Waals surface area contributed by atoms with Crippen molar-refractivity contribution in [1.82, 2.24) is 9.71 Å². The number of methoxy groups -OCH3 is 2. The van der Waals surface area contributed by atoms with Crippen molar-refractivity contribution in [3.63, 3.8) is 0 Å². The first-order chi connectivity index (χ1) is 18.6. The first-order valence-corrected chi connectivity index (χ1v) is 13.0. The maximum Gasteiger partial charge on any atom is 0.310 e. The number of ether oxygens (including phenoxy) is 3. The third-order valence-electron chi connectivity index (χ3n) is 5.84. The molecule has 7 nitrogen and oxygen atoms in total. The first kappa shape index (κ1) is 28.4. The van der Waals surface area contributed by atoms with Crippen molar-refractivity contribution >= 4 is 28.9 Å².